The fraction of sp³-hybridized carbons (Fsp3) is 0.316. The van der Waals surface area contributed by atoms with Crippen molar-refractivity contribution in [3.8, 4) is 5.69 Å². The van der Waals surface area contributed by atoms with E-state index in [1.54, 1.807) is 30.9 Å². The third kappa shape index (κ3) is 5.77. The lowest BCUT2D eigenvalue weighted by molar-refractivity contribution is 0.783. The van der Waals surface area contributed by atoms with Gasteiger partial charge in [0, 0.05) is 31.4 Å². The third-order valence-corrected chi connectivity index (χ3v) is 4.88. The zero-order valence-electron chi connectivity index (χ0n) is 15.7. The number of rotatable bonds is 6. The molecule has 6 nitrogen and oxygen atoms in total. The van der Waals surface area contributed by atoms with E-state index in [0.717, 1.165) is 22.3 Å². The highest BCUT2D eigenvalue weighted by molar-refractivity contribution is 14.0. The molecule has 2 N–H and O–H groups in total. The number of nitrogens with zero attached hydrogens (tertiary/aromatic N) is 4. The summed E-state index contributed by atoms with van der Waals surface area (Å²) in [7, 11) is 1.78. The molecule has 0 saturated heterocycles. The molecule has 0 fully saturated rings. The number of imidazole rings is 1. The first kappa shape index (κ1) is 21.4. The molecule has 0 atom stereocenters. The number of thiazole rings is 1. The van der Waals surface area contributed by atoms with Gasteiger partial charge in [0.15, 0.2) is 5.96 Å². The molecule has 0 aliphatic rings. The second-order valence-electron chi connectivity index (χ2n) is 6.20. The van der Waals surface area contributed by atoms with Crippen molar-refractivity contribution in [2.24, 2.45) is 4.99 Å². The van der Waals surface area contributed by atoms with E-state index in [4.69, 9.17) is 0 Å². The first-order chi connectivity index (χ1) is 12.7. The molecule has 1 aromatic carbocycles. The van der Waals surface area contributed by atoms with Crippen LogP contribution in [0, 0.1) is 0 Å². The van der Waals surface area contributed by atoms with Gasteiger partial charge >= 0.3 is 0 Å². The van der Waals surface area contributed by atoms with E-state index < -0.39 is 0 Å². The molecule has 0 bridgehead atoms. The van der Waals surface area contributed by atoms with Crippen molar-refractivity contribution in [1.82, 2.24) is 25.2 Å². The van der Waals surface area contributed by atoms with Gasteiger partial charge in [-0.1, -0.05) is 32.0 Å². The van der Waals surface area contributed by atoms with Crippen molar-refractivity contribution in [2.45, 2.75) is 32.9 Å². The monoisotopic (exact) mass is 496 g/mol. The number of para-hydroxylation sites is 1. The molecule has 27 heavy (non-hydrogen) atoms. The Balaban J connectivity index is 0.00000261. The molecule has 3 rings (SSSR count). The quantitative estimate of drug-likeness (QED) is 0.308. The lowest BCUT2D eigenvalue weighted by Gasteiger charge is -2.14. The molecule has 0 unspecified atom stereocenters. The molecular formula is C19H25IN6S. The van der Waals surface area contributed by atoms with Crippen LogP contribution in [0.25, 0.3) is 5.69 Å². The minimum absolute atomic E-state index is 0. The summed E-state index contributed by atoms with van der Waals surface area (Å²) in [6.45, 7) is 5.65. The minimum Gasteiger partial charge on any atom is -0.352 e. The Kier molecular flexibility index (Phi) is 8.23. The summed E-state index contributed by atoms with van der Waals surface area (Å²) in [6, 6.07) is 8.25. The predicted octanol–water partition coefficient (Wildman–Crippen LogP) is 3.94. The Morgan fingerprint density at radius 3 is 2.67 bits per heavy atom. The third-order valence-electron chi connectivity index (χ3n) is 4.01. The van der Waals surface area contributed by atoms with Crippen LogP contribution in [0.3, 0.4) is 0 Å². The highest BCUT2D eigenvalue weighted by Crippen LogP contribution is 2.17. The first-order valence-electron chi connectivity index (χ1n) is 8.62. The van der Waals surface area contributed by atoms with E-state index in [2.05, 4.69) is 57.0 Å². The number of halogens is 1. The van der Waals surface area contributed by atoms with Crippen LogP contribution in [0.5, 0.6) is 0 Å². The van der Waals surface area contributed by atoms with Gasteiger partial charge in [-0.3, -0.25) is 4.99 Å². The maximum Gasteiger partial charge on any atom is 0.191 e. The van der Waals surface area contributed by atoms with Crippen molar-refractivity contribution in [2.75, 3.05) is 7.05 Å². The van der Waals surface area contributed by atoms with E-state index in [1.165, 1.54) is 5.56 Å². The largest absolute Gasteiger partial charge is 0.352 e. The van der Waals surface area contributed by atoms with Gasteiger partial charge in [0.25, 0.3) is 0 Å². The summed E-state index contributed by atoms with van der Waals surface area (Å²) in [5, 5.41) is 9.89. The maximum absolute atomic E-state index is 4.65. The second kappa shape index (κ2) is 10.4. The van der Waals surface area contributed by atoms with Crippen molar-refractivity contribution < 1.29 is 0 Å². The molecule has 8 heteroatoms. The highest BCUT2D eigenvalue weighted by atomic mass is 127. The first-order valence-corrected chi connectivity index (χ1v) is 9.50. The zero-order chi connectivity index (χ0) is 18.4. The maximum atomic E-state index is 4.65. The topological polar surface area (TPSA) is 67.1 Å². The normalized spacial score (nSPS) is 11.3. The lowest BCUT2D eigenvalue weighted by atomic mass is 10.1. The number of hydrogen-bond donors (Lipinski definition) is 2. The van der Waals surface area contributed by atoms with Crippen LogP contribution in [0.1, 0.15) is 36.0 Å². The molecule has 0 aliphatic carbocycles. The van der Waals surface area contributed by atoms with E-state index in [1.807, 2.05) is 22.9 Å². The van der Waals surface area contributed by atoms with Gasteiger partial charge in [0.05, 0.1) is 24.3 Å². The summed E-state index contributed by atoms with van der Waals surface area (Å²) in [5.41, 5.74) is 3.42. The SMILES string of the molecule is CN=C(NCc1nc(C(C)C)cs1)NCc1ccccc1-n1ccnc1.I. The van der Waals surface area contributed by atoms with Crippen LogP contribution in [-0.2, 0) is 13.1 Å². The second-order valence-corrected chi connectivity index (χ2v) is 7.14. The number of nitrogens with one attached hydrogen (secondary N) is 2. The zero-order valence-corrected chi connectivity index (χ0v) is 18.9. The molecular weight excluding hydrogens is 471 g/mol. The van der Waals surface area contributed by atoms with Crippen molar-refractivity contribution in [3.05, 3.63) is 64.6 Å². The molecule has 0 aliphatic heterocycles. The molecule has 0 spiro atoms. The van der Waals surface area contributed by atoms with E-state index >= 15 is 0 Å². The van der Waals surface area contributed by atoms with Crippen LogP contribution in [0.15, 0.2) is 53.4 Å². The molecule has 0 radical (unpaired) electrons. The number of benzene rings is 1. The van der Waals surface area contributed by atoms with Gasteiger partial charge in [-0.15, -0.1) is 35.3 Å². The Hall–Kier alpha value is -1.94. The fourth-order valence-electron chi connectivity index (χ4n) is 2.54. The van der Waals surface area contributed by atoms with Gasteiger partial charge in [-0.05, 0) is 17.5 Å². The van der Waals surface area contributed by atoms with Crippen LogP contribution in [-0.4, -0.2) is 27.5 Å². The number of hydrogen-bond acceptors (Lipinski definition) is 4. The summed E-state index contributed by atoms with van der Waals surface area (Å²) in [4.78, 5) is 13.1. The van der Waals surface area contributed by atoms with Gasteiger partial charge in [0.1, 0.15) is 5.01 Å². The van der Waals surface area contributed by atoms with E-state index in [0.29, 0.717) is 19.0 Å². The summed E-state index contributed by atoms with van der Waals surface area (Å²) in [5.74, 6) is 1.21. The fourth-order valence-corrected chi connectivity index (χ4v) is 3.44. The molecule has 144 valence electrons. The molecule has 0 saturated carbocycles. The summed E-state index contributed by atoms with van der Waals surface area (Å²) < 4.78 is 2.01. The molecule has 3 aromatic rings. The summed E-state index contributed by atoms with van der Waals surface area (Å²) in [6.07, 6.45) is 5.53. The Morgan fingerprint density at radius 2 is 2.00 bits per heavy atom. The predicted molar refractivity (Wildman–Crippen MR) is 122 cm³/mol. The van der Waals surface area contributed by atoms with E-state index in [9.17, 15) is 0 Å². The van der Waals surface area contributed by atoms with Gasteiger partial charge in [-0.2, -0.15) is 0 Å². The standard InChI is InChI=1S/C19H24N6S.HI/c1-14(2)16-12-26-18(24-16)11-23-19(20-3)22-10-15-6-4-5-7-17(15)25-9-8-21-13-25;/h4-9,12-14H,10-11H2,1-3H3,(H2,20,22,23);1H. The average Bonchev–Trinajstić information content (AvgIpc) is 3.34. The lowest BCUT2D eigenvalue weighted by Crippen LogP contribution is -2.36. The van der Waals surface area contributed by atoms with Crippen molar-refractivity contribution >= 4 is 41.3 Å². The average molecular weight is 496 g/mol. The van der Waals surface area contributed by atoms with Crippen molar-refractivity contribution in [3.63, 3.8) is 0 Å². The number of guanidine groups is 1. The van der Waals surface area contributed by atoms with Gasteiger partial charge in [-0.25, -0.2) is 9.97 Å². The van der Waals surface area contributed by atoms with Crippen LogP contribution >= 0.6 is 35.3 Å². The minimum atomic E-state index is 0. The van der Waals surface area contributed by atoms with Crippen LogP contribution < -0.4 is 10.6 Å². The van der Waals surface area contributed by atoms with Gasteiger partial charge < -0.3 is 15.2 Å². The van der Waals surface area contributed by atoms with Gasteiger partial charge in [0.2, 0.25) is 0 Å². The summed E-state index contributed by atoms with van der Waals surface area (Å²) >= 11 is 1.68. The number of aliphatic imine (C=N–C) groups is 1. The van der Waals surface area contributed by atoms with Crippen molar-refractivity contribution in [1.29, 1.82) is 0 Å². The van der Waals surface area contributed by atoms with Crippen LogP contribution in [0.2, 0.25) is 0 Å². The molecule has 2 aromatic heterocycles. The van der Waals surface area contributed by atoms with E-state index in [-0.39, 0.29) is 24.0 Å². The Bertz CT molecular complexity index is 857. The number of aromatic nitrogens is 3. The smallest absolute Gasteiger partial charge is 0.191 e. The molecule has 2 heterocycles. The highest BCUT2D eigenvalue weighted by Gasteiger charge is 2.08. The van der Waals surface area contributed by atoms with Crippen LogP contribution in [0.4, 0.5) is 0 Å². The molecule has 0 amide bonds. The Morgan fingerprint density at radius 1 is 1.22 bits per heavy atom. The Labute approximate surface area is 181 Å².